The molecule has 1 N–H and O–H groups in total. The second kappa shape index (κ2) is 10.7. The molecule has 8 heteroatoms. The maximum atomic E-state index is 13.1. The second-order valence-electron chi connectivity index (χ2n) is 7.81. The number of esters is 1. The van der Waals surface area contributed by atoms with Crippen LogP contribution in [0.25, 0.3) is 0 Å². The highest BCUT2D eigenvalue weighted by molar-refractivity contribution is 7.99. The Hall–Kier alpha value is -2.48. The van der Waals surface area contributed by atoms with Crippen molar-refractivity contribution in [2.75, 3.05) is 17.7 Å². The molecule has 0 spiro atoms. The van der Waals surface area contributed by atoms with Crippen LogP contribution in [-0.4, -0.2) is 39.2 Å². The minimum absolute atomic E-state index is 0.218. The van der Waals surface area contributed by atoms with Gasteiger partial charge in [0.05, 0.1) is 18.3 Å². The van der Waals surface area contributed by atoms with E-state index < -0.39 is 6.04 Å². The zero-order valence-electron chi connectivity index (χ0n) is 19.0. The van der Waals surface area contributed by atoms with Crippen LogP contribution in [0.1, 0.15) is 65.5 Å². The number of benzene rings is 1. The number of allylic oxidation sites excluding steroid dienone is 1. The van der Waals surface area contributed by atoms with Gasteiger partial charge in [0.15, 0.2) is 0 Å². The van der Waals surface area contributed by atoms with Crippen molar-refractivity contribution in [2.24, 2.45) is 0 Å². The normalized spacial score (nSPS) is 15.6. The number of fused-ring (bicyclic) bond motifs is 1. The molecule has 1 aromatic heterocycles. The van der Waals surface area contributed by atoms with Crippen LogP contribution in [0.5, 0.6) is 5.75 Å². The standard InChI is InChI=1S/C23H32N4O3S/c1-6-8-12-29-18-11-9-10-17(14-18)20-19(21(28)30-15(3)4)16(5)24-22-25-23(26-27(20)22)31-13-7-2/h9-11,14-15,20H,6-8,12-13H2,1-5H3,(H,24,25,26). The fourth-order valence-electron chi connectivity index (χ4n) is 3.34. The maximum absolute atomic E-state index is 13.1. The van der Waals surface area contributed by atoms with Crippen molar-refractivity contribution in [2.45, 2.75) is 71.2 Å². The minimum atomic E-state index is -0.444. The van der Waals surface area contributed by atoms with Crippen molar-refractivity contribution < 1.29 is 14.3 Å². The molecule has 0 fully saturated rings. The van der Waals surface area contributed by atoms with Crippen LogP contribution >= 0.6 is 11.8 Å². The summed E-state index contributed by atoms with van der Waals surface area (Å²) in [7, 11) is 0. The summed E-state index contributed by atoms with van der Waals surface area (Å²) in [5.74, 6) is 1.98. The number of rotatable bonds is 10. The van der Waals surface area contributed by atoms with Crippen molar-refractivity contribution in [3.05, 3.63) is 41.1 Å². The number of carbonyl (C=O) groups excluding carboxylic acids is 1. The first-order valence-corrected chi connectivity index (χ1v) is 11.9. The average molecular weight is 445 g/mol. The third-order valence-electron chi connectivity index (χ3n) is 4.77. The Bertz CT molecular complexity index is 939. The van der Waals surface area contributed by atoms with Crippen LogP contribution in [0.3, 0.4) is 0 Å². The third-order valence-corrected chi connectivity index (χ3v) is 5.82. The SMILES string of the molecule is CCCCOc1cccc(C2C(C(=O)OC(C)C)=C(C)Nc3nc(SCCC)nn32)c1. The molecule has 0 amide bonds. The minimum Gasteiger partial charge on any atom is -0.494 e. The van der Waals surface area contributed by atoms with Gasteiger partial charge in [0.2, 0.25) is 11.1 Å². The fourth-order valence-corrected chi connectivity index (χ4v) is 4.03. The molecule has 0 radical (unpaired) electrons. The van der Waals surface area contributed by atoms with Crippen LogP contribution < -0.4 is 10.1 Å². The number of hydrogen-bond acceptors (Lipinski definition) is 7. The highest BCUT2D eigenvalue weighted by Gasteiger charge is 2.35. The Balaban J connectivity index is 2.03. The summed E-state index contributed by atoms with van der Waals surface area (Å²) in [4.78, 5) is 17.7. The monoisotopic (exact) mass is 444 g/mol. The van der Waals surface area contributed by atoms with Gasteiger partial charge in [-0.1, -0.05) is 44.2 Å². The Morgan fingerprint density at radius 1 is 1.29 bits per heavy atom. The molecule has 168 valence electrons. The van der Waals surface area contributed by atoms with Gasteiger partial charge in [-0.15, -0.1) is 5.10 Å². The number of unbranched alkanes of at least 4 members (excludes halogenated alkanes) is 1. The van der Waals surface area contributed by atoms with E-state index in [4.69, 9.17) is 14.6 Å². The molecule has 0 saturated carbocycles. The van der Waals surface area contributed by atoms with Gasteiger partial charge in [0.1, 0.15) is 11.8 Å². The Kier molecular flexibility index (Phi) is 8.01. The lowest BCUT2D eigenvalue weighted by molar-refractivity contribution is -0.143. The molecule has 1 unspecified atom stereocenters. The molecule has 7 nitrogen and oxygen atoms in total. The molecular weight excluding hydrogens is 412 g/mol. The van der Waals surface area contributed by atoms with Crippen molar-refractivity contribution in [1.82, 2.24) is 14.8 Å². The van der Waals surface area contributed by atoms with E-state index in [0.29, 0.717) is 23.3 Å². The predicted molar refractivity (Wildman–Crippen MR) is 124 cm³/mol. The quantitative estimate of drug-likeness (QED) is 0.306. The largest absolute Gasteiger partial charge is 0.494 e. The van der Waals surface area contributed by atoms with Crippen LogP contribution in [-0.2, 0) is 9.53 Å². The van der Waals surface area contributed by atoms with Gasteiger partial charge in [-0.3, -0.25) is 0 Å². The topological polar surface area (TPSA) is 78.3 Å². The zero-order valence-corrected chi connectivity index (χ0v) is 19.8. The number of aromatic nitrogens is 3. The Morgan fingerprint density at radius 3 is 2.81 bits per heavy atom. The van der Waals surface area contributed by atoms with E-state index in [1.165, 1.54) is 0 Å². The molecule has 1 atom stereocenters. The smallest absolute Gasteiger partial charge is 0.338 e. The lowest BCUT2D eigenvalue weighted by Crippen LogP contribution is -2.30. The van der Waals surface area contributed by atoms with E-state index in [1.807, 2.05) is 45.0 Å². The summed E-state index contributed by atoms with van der Waals surface area (Å²) in [5.41, 5.74) is 2.16. The molecule has 1 aromatic carbocycles. The van der Waals surface area contributed by atoms with Crippen molar-refractivity contribution in [3.63, 3.8) is 0 Å². The van der Waals surface area contributed by atoms with Crippen LogP contribution in [0.15, 0.2) is 40.7 Å². The first-order valence-electron chi connectivity index (χ1n) is 10.9. The number of nitrogens with zero attached hydrogens (tertiary/aromatic N) is 3. The summed E-state index contributed by atoms with van der Waals surface area (Å²) in [6.07, 6.45) is 2.88. The third kappa shape index (κ3) is 5.61. The van der Waals surface area contributed by atoms with Gasteiger partial charge in [0, 0.05) is 11.4 Å². The fraction of sp³-hybridized carbons (Fsp3) is 0.522. The number of thioether (sulfide) groups is 1. The van der Waals surface area contributed by atoms with Crippen molar-refractivity contribution in [3.8, 4) is 5.75 Å². The van der Waals surface area contributed by atoms with E-state index in [-0.39, 0.29) is 12.1 Å². The van der Waals surface area contributed by atoms with Crippen molar-refractivity contribution in [1.29, 1.82) is 0 Å². The van der Waals surface area contributed by atoms with Crippen LogP contribution in [0, 0.1) is 0 Å². The van der Waals surface area contributed by atoms with Gasteiger partial charge in [-0.25, -0.2) is 9.48 Å². The zero-order chi connectivity index (χ0) is 22.4. The molecular formula is C23H32N4O3S. The average Bonchev–Trinajstić information content (AvgIpc) is 3.13. The van der Waals surface area contributed by atoms with E-state index >= 15 is 0 Å². The Labute approximate surface area is 188 Å². The highest BCUT2D eigenvalue weighted by atomic mass is 32.2. The molecule has 2 heterocycles. The van der Waals surface area contributed by atoms with Crippen LogP contribution in [0.4, 0.5) is 5.95 Å². The number of anilines is 1. The number of carbonyl (C=O) groups is 1. The molecule has 0 aliphatic carbocycles. The molecule has 0 bridgehead atoms. The summed E-state index contributed by atoms with van der Waals surface area (Å²) < 4.78 is 13.3. The summed E-state index contributed by atoms with van der Waals surface area (Å²) in [6, 6.07) is 7.41. The van der Waals surface area contributed by atoms with Gasteiger partial charge in [0.25, 0.3) is 0 Å². The lowest BCUT2D eigenvalue weighted by atomic mass is 9.95. The van der Waals surface area contributed by atoms with Crippen LogP contribution in [0.2, 0.25) is 0 Å². The van der Waals surface area contributed by atoms with Gasteiger partial charge >= 0.3 is 5.97 Å². The first kappa shape index (κ1) is 23.2. The number of nitrogens with one attached hydrogen (secondary N) is 1. The predicted octanol–water partition coefficient (Wildman–Crippen LogP) is 5.20. The highest BCUT2D eigenvalue weighted by Crippen LogP contribution is 2.37. The molecule has 0 saturated heterocycles. The second-order valence-corrected chi connectivity index (χ2v) is 8.87. The van der Waals surface area contributed by atoms with Gasteiger partial charge in [-0.05, 0) is 51.3 Å². The molecule has 2 aromatic rings. The molecule has 1 aliphatic heterocycles. The van der Waals surface area contributed by atoms with Gasteiger partial charge < -0.3 is 14.8 Å². The van der Waals surface area contributed by atoms with E-state index in [1.54, 1.807) is 16.4 Å². The van der Waals surface area contributed by atoms with Crippen molar-refractivity contribution >= 4 is 23.7 Å². The first-order chi connectivity index (χ1) is 14.9. The number of hydrogen-bond donors (Lipinski definition) is 1. The number of ether oxygens (including phenoxy) is 2. The summed E-state index contributed by atoms with van der Waals surface area (Å²) >= 11 is 1.61. The molecule has 1 aliphatic rings. The lowest BCUT2D eigenvalue weighted by Gasteiger charge is -2.28. The van der Waals surface area contributed by atoms with E-state index in [0.717, 1.165) is 42.0 Å². The molecule has 31 heavy (non-hydrogen) atoms. The van der Waals surface area contributed by atoms with E-state index in [2.05, 4.69) is 24.1 Å². The Morgan fingerprint density at radius 2 is 2.10 bits per heavy atom. The summed E-state index contributed by atoms with van der Waals surface area (Å²) in [6.45, 7) is 10.5. The maximum Gasteiger partial charge on any atom is 0.338 e. The molecule has 3 rings (SSSR count). The van der Waals surface area contributed by atoms with E-state index in [9.17, 15) is 4.79 Å². The summed E-state index contributed by atoms with van der Waals surface area (Å²) in [5, 5.41) is 8.65. The van der Waals surface area contributed by atoms with Gasteiger partial charge in [-0.2, -0.15) is 4.98 Å².